The number of ether oxygens (including phenoxy) is 1. The van der Waals surface area contributed by atoms with Crippen LogP contribution in [0.5, 0.6) is 0 Å². The molecule has 0 aromatic heterocycles. The van der Waals surface area contributed by atoms with Crippen molar-refractivity contribution in [3.8, 4) is 0 Å². The number of halogens is 3. The molecule has 0 aliphatic heterocycles. The van der Waals surface area contributed by atoms with Gasteiger partial charge in [0.05, 0.1) is 19.3 Å². The number of aliphatic hydroxyl groups excluding tert-OH is 1. The van der Waals surface area contributed by atoms with E-state index in [1.165, 1.54) is 0 Å². The van der Waals surface area contributed by atoms with Crippen LogP contribution in [-0.4, -0.2) is 43.7 Å². The molecule has 17 heavy (non-hydrogen) atoms. The maximum absolute atomic E-state index is 11.8. The van der Waals surface area contributed by atoms with Gasteiger partial charge < -0.3 is 15.2 Å². The second-order valence-corrected chi connectivity index (χ2v) is 4.51. The number of alkyl halides is 3. The molecule has 0 bridgehead atoms. The molecule has 0 heterocycles. The fourth-order valence-corrected chi connectivity index (χ4v) is 1.25. The second kappa shape index (κ2) is 8.72. The van der Waals surface area contributed by atoms with Crippen LogP contribution in [0.3, 0.4) is 0 Å². The van der Waals surface area contributed by atoms with Gasteiger partial charge in [-0.1, -0.05) is 13.8 Å². The van der Waals surface area contributed by atoms with Gasteiger partial charge in [-0.2, -0.15) is 13.2 Å². The highest BCUT2D eigenvalue weighted by Crippen LogP contribution is 2.11. The van der Waals surface area contributed by atoms with Gasteiger partial charge in [-0.3, -0.25) is 0 Å². The second-order valence-electron chi connectivity index (χ2n) is 4.51. The molecule has 1 unspecified atom stereocenters. The van der Waals surface area contributed by atoms with E-state index >= 15 is 0 Å². The van der Waals surface area contributed by atoms with Crippen LogP contribution in [-0.2, 0) is 4.74 Å². The highest BCUT2D eigenvalue weighted by atomic mass is 19.4. The highest BCUT2D eigenvalue weighted by molar-refractivity contribution is 4.61. The first-order chi connectivity index (χ1) is 7.81. The number of rotatable bonds is 9. The van der Waals surface area contributed by atoms with E-state index in [2.05, 4.69) is 19.2 Å². The third-order valence-corrected chi connectivity index (χ3v) is 2.09. The molecule has 0 aliphatic rings. The Morgan fingerprint density at radius 2 is 1.94 bits per heavy atom. The fraction of sp³-hybridized carbons (Fsp3) is 1.00. The predicted molar refractivity (Wildman–Crippen MR) is 59.8 cm³/mol. The van der Waals surface area contributed by atoms with E-state index in [0.717, 1.165) is 12.8 Å². The van der Waals surface area contributed by atoms with E-state index < -0.39 is 18.8 Å². The molecule has 2 N–H and O–H groups in total. The summed E-state index contributed by atoms with van der Waals surface area (Å²) in [6.07, 6.45) is -3.18. The van der Waals surface area contributed by atoms with Crippen molar-refractivity contribution in [2.45, 2.75) is 39.0 Å². The highest BCUT2D eigenvalue weighted by Gasteiger charge is 2.26. The largest absolute Gasteiger partial charge is 0.401 e. The summed E-state index contributed by atoms with van der Waals surface area (Å²) in [6, 6.07) is 0. The Morgan fingerprint density at radius 1 is 1.29 bits per heavy atom. The van der Waals surface area contributed by atoms with Gasteiger partial charge in [-0.25, -0.2) is 0 Å². The minimum atomic E-state index is -4.24. The maximum Gasteiger partial charge on any atom is 0.401 e. The lowest BCUT2D eigenvalue weighted by Crippen LogP contribution is -2.36. The smallest absolute Gasteiger partial charge is 0.389 e. The molecule has 0 aromatic rings. The Hall–Kier alpha value is -0.330. The van der Waals surface area contributed by atoms with Gasteiger partial charge in [0.15, 0.2) is 0 Å². The van der Waals surface area contributed by atoms with Gasteiger partial charge in [-0.15, -0.1) is 0 Å². The Labute approximate surface area is 100 Å². The fourth-order valence-electron chi connectivity index (χ4n) is 1.25. The first kappa shape index (κ1) is 16.7. The molecule has 0 rings (SSSR count). The summed E-state index contributed by atoms with van der Waals surface area (Å²) in [5.74, 6) is 0.608. The summed E-state index contributed by atoms with van der Waals surface area (Å²) in [5.41, 5.74) is 0. The Balaban J connectivity index is 3.32. The molecular weight excluding hydrogens is 235 g/mol. The molecule has 0 saturated heterocycles. The van der Waals surface area contributed by atoms with Gasteiger partial charge in [0.2, 0.25) is 0 Å². The topological polar surface area (TPSA) is 41.5 Å². The number of aliphatic hydroxyl groups is 1. The zero-order chi connectivity index (χ0) is 13.3. The lowest BCUT2D eigenvalue weighted by Gasteiger charge is -2.13. The van der Waals surface area contributed by atoms with Crippen LogP contribution in [0.1, 0.15) is 26.7 Å². The van der Waals surface area contributed by atoms with Crippen LogP contribution in [0.2, 0.25) is 0 Å². The van der Waals surface area contributed by atoms with E-state index in [1.807, 2.05) is 0 Å². The van der Waals surface area contributed by atoms with Crippen molar-refractivity contribution < 1.29 is 23.0 Å². The predicted octanol–water partition coefficient (Wildman–Crippen LogP) is 1.95. The number of nitrogens with one attached hydrogen (secondary N) is 1. The van der Waals surface area contributed by atoms with Crippen molar-refractivity contribution in [3.63, 3.8) is 0 Å². The van der Waals surface area contributed by atoms with E-state index in [4.69, 9.17) is 4.74 Å². The average Bonchev–Trinajstić information content (AvgIpc) is 2.14. The number of hydrogen-bond acceptors (Lipinski definition) is 3. The van der Waals surface area contributed by atoms with Crippen LogP contribution in [0, 0.1) is 5.92 Å². The SMILES string of the molecule is CC(C)CCCOCC(O)CNCC(F)(F)F. The van der Waals surface area contributed by atoms with E-state index in [9.17, 15) is 18.3 Å². The molecular formula is C11H22F3NO2. The molecule has 1 atom stereocenters. The van der Waals surface area contributed by atoms with Crippen molar-refractivity contribution in [2.75, 3.05) is 26.3 Å². The van der Waals surface area contributed by atoms with Crippen molar-refractivity contribution in [1.82, 2.24) is 5.32 Å². The zero-order valence-corrected chi connectivity index (χ0v) is 10.4. The molecule has 0 amide bonds. The van der Waals surface area contributed by atoms with Gasteiger partial charge in [0.25, 0.3) is 0 Å². The minimum Gasteiger partial charge on any atom is -0.389 e. The first-order valence-electron chi connectivity index (χ1n) is 5.84. The van der Waals surface area contributed by atoms with Crippen molar-refractivity contribution in [1.29, 1.82) is 0 Å². The Morgan fingerprint density at radius 3 is 2.47 bits per heavy atom. The monoisotopic (exact) mass is 257 g/mol. The third-order valence-electron chi connectivity index (χ3n) is 2.09. The Kier molecular flexibility index (Phi) is 8.55. The molecule has 0 saturated carbocycles. The van der Waals surface area contributed by atoms with Crippen LogP contribution in [0.25, 0.3) is 0 Å². The van der Waals surface area contributed by atoms with Crippen molar-refractivity contribution >= 4 is 0 Å². The molecule has 0 fully saturated rings. The summed E-state index contributed by atoms with van der Waals surface area (Å²) in [7, 11) is 0. The third kappa shape index (κ3) is 13.6. The summed E-state index contributed by atoms with van der Waals surface area (Å²) < 4.78 is 40.4. The molecule has 0 spiro atoms. The van der Waals surface area contributed by atoms with Gasteiger partial charge in [0.1, 0.15) is 0 Å². The Bertz CT molecular complexity index is 186. The standard InChI is InChI=1S/C11H22F3NO2/c1-9(2)4-3-5-17-7-10(16)6-15-8-11(12,13)14/h9-10,15-16H,3-8H2,1-2H3. The van der Waals surface area contributed by atoms with Crippen molar-refractivity contribution in [3.05, 3.63) is 0 Å². The van der Waals surface area contributed by atoms with Crippen LogP contribution in [0.4, 0.5) is 13.2 Å². The molecule has 0 radical (unpaired) electrons. The summed E-state index contributed by atoms with van der Waals surface area (Å²) in [5, 5.41) is 11.4. The van der Waals surface area contributed by atoms with Crippen LogP contribution < -0.4 is 5.32 Å². The quantitative estimate of drug-likeness (QED) is 0.620. The summed E-state index contributed by atoms with van der Waals surface area (Å²) >= 11 is 0. The zero-order valence-electron chi connectivity index (χ0n) is 10.4. The summed E-state index contributed by atoms with van der Waals surface area (Å²) in [4.78, 5) is 0. The molecule has 6 heteroatoms. The average molecular weight is 257 g/mol. The summed E-state index contributed by atoms with van der Waals surface area (Å²) in [6.45, 7) is 3.63. The van der Waals surface area contributed by atoms with Crippen LogP contribution >= 0.6 is 0 Å². The van der Waals surface area contributed by atoms with Gasteiger partial charge >= 0.3 is 6.18 Å². The van der Waals surface area contributed by atoms with Crippen molar-refractivity contribution in [2.24, 2.45) is 5.92 Å². The van der Waals surface area contributed by atoms with E-state index in [1.54, 1.807) is 0 Å². The van der Waals surface area contributed by atoms with E-state index in [0.29, 0.717) is 12.5 Å². The molecule has 0 aliphatic carbocycles. The number of hydrogen-bond donors (Lipinski definition) is 2. The first-order valence-corrected chi connectivity index (χ1v) is 5.84. The maximum atomic E-state index is 11.8. The minimum absolute atomic E-state index is 0.0724. The normalized spacial score (nSPS) is 14.3. The van der Waals surface area contributed by atoms with E-state index in [-0.39, 0.29) is 13.2 Å². The lowest BCUT2D eigenvalue weighted by molar-refractivity contribution is -0.125. The molecule has 0 aromatic carbocycles. The lowest BCUT2D eigenvalue weighted by atomic mass is 10.1. The molecule has 104 valence electrons. The van der Waals surface area contributed by atoms with Gasteiger partial charge in [-0.05, 0) is 18.8 Å². The van der Waals surface area contributed by atoms with Crippen LogP contribution in [0.15, 0.2) is 0 Å². The molecule has 3 nitrogen and oxygen atoms in total. The van der Waals surface area contributed by atoms with Gasteiger partial charge in [0, 0.05) is 13.2 Å².